The average Bonchev–Trinajstić information content (AvgIpc) is 2.65. The highest BCUT2D eigenvalue weighted by Gasteiger charge is 2.17. The van der Waals surface area contributed by atoms with E-state index in [0.29, 0.717) is 18.0 Å². The lowest BCUT2D eigenvalue weighted by molar-refractivity contribution is 0.584. The molecule has 0 unspecified atom stereocenters. The van der Waals surface area contributed by atoms with E-state index in [1.54, 1.807) is 12.1 Å². The van der Waals surface area contributed by atoms with Crippen molar-refractivity contribution in [3.05, 3.63) is 66.7 Å². The van der Waals surface area contributed by atoms with Crippen LogP contribution in [0.1, 0.15) is 0 Å². The molecular weight excluding hydrogens is 346 g/mol. The number of hydrogen-bond donors (Lipinski definition) is 2. The van der Waals surface area contributed by atoms with E-state index in [0.717, 1.165) is 22.1 Å². The number of para-hydroxylation sites is 1. The molecule has 0 aliphatic carbocycles. The van der Waals surface area contributed by atoms with Gasteiger partial charge in [-0.15, -0.1) is 0 Å². The van der Waals surface area contributed by atoms with Gasteiger partial charge in [0.2, 0.25) is 10.0 Å². The summed E-state index contributed by atoms with van der Waals surface area (Å²) >= 11 is 0. The molecule has 2 N–H and O–H groups in total. The third-order valence-electron chi connectivity index (χ3n) is 4.15. The maximum absolute atomic E-state index is 12.8. The molecule has 0 amide bonds. The number of anilines is 2. The van der Waals surface area contributed by atoms with Crippen molar-refractivity contribution in [2.24, 2.45) is 0 Å². The maximum Gasteiger partial charge on any atom is 0.241 e. The molecule has 6 heteroatoms. The summed E-state index contributed by atoms with van der Waals surface area (Å²) in [5.74, 6) is 0. The zero-order chi connectivity index (χ0) is 18.6. The van der Waals surface area contributed by atoms with Crippen molar-refractivity contribution in [1.29, 1.82) is 0 Å². The maximum atomic E-state index is 12.8. The van der Waals surface area contributed by atoms with Crippen LogP contribution in [-0.2, 0) is 10.0 Å². The molecule has 136 valence electrons. The number of fused-ring (bicyclic) bond motifs is 1. The molecule has 3 rings (SSSR count). The highest BCUT2D eigenvalue weighted by atomic mass is 32.2. The summed E-state index contributed by atoms with van der Waals surface area (Å²) in [4.78, 5) is 2.29. The number of nitrogens with one attached hydrogen (secondary N) is 2. The smallest absolute Gasteiger partial charge is 0.241 e. The van der Waals surface area contributed by atoms with Gasteiger partial charge in [0, 0.05) is 49.3 Å². The van der Waals surface area contributed by atoms with Gasteiger partial charge in [-0.3, -0.25) is 0 Å². The third kappa shape index (κ3) is 3.98. The van der Waals surface area contributed by atoms with Gasteiger partial charge in [0.25, 0.3) is 0 Å². The molecular formula is C20H23N3O2S. The summed E-state index contributed by atoms with van der Waals surface area (Å²) in [6, 6.07) is 20.8. The molecule has 0 aromatic heterocycles. The summed E-state index contributed by atoms with van der Waals surface area (Å²) in [7, 11) is 0.303. The Kier molecular flexibility index (Phi) is 5.44. The molecule has 0 saturated carbocycles. The SMILES string of the molecule is CN(C)c1cccc2c(S(=O)(=O)NCCNc3ccccc3)cccc12. The minimum Gasteiger partial charge on any atom is -0.384 e. The van der Waals surface area contributed by atoms with Gasteiger partial charge in [-0.2, -0.15) is 0 Å². The van der Waals surface area contributed by atoms with Crippen molar-refractivity contribution in [1.82, 2.24) is 4.72 Å². The van der Waals surface area contributed by atoms with Crippen LogP contribution in [0.2, 0.25) is 0 Å². The van der Waals surface area contributed by atoms with Crippen LogP contribution < -0.4 is 14.9 Å². The van der Waals surface area contributed by atoms with E-state index in [4.69, 9.17) is 0 Å². The first-order chi connectivity index (χ1) is 12.5. The molecule has 0 aliphatic heterocycles. The summed E-state index contributed by atoms with van der Waals surface area (Å²) in [6.07, 6.45) is 0. The van der Waals surface area contributed by atoms with Crippen LogP contribution in [0.15, 0.2) is 71.6 Å². The van der Waals surface area contributed by atoms with Gasteiger partial charge in [-0.25, -0.2) is 13.1 Å². The normalized spacial score (nSPS) is 11.5. The lowest BCUT2D eigenvalue weighted by Gasteiger charge is -2.17. The minimum atomic E-state index is -3.59. The number of nitrogens with zero attached hydrogens (tertiary/aromatic N) is 1. The summed E-state index contributed by atoms with van der Waals surface area (Å²) in [6.45, 7) is 0.817. The molecule has 3 aromatic rings. The second-order valence-corrected chi connectivity index (χ2v) is 7.95. The molecule has 0 bridgehead atoms. The standard InChI is InChI=1S/C20H23N3O2S/c1-23(2)19-12-6-11-18-17(19)10-7-13-20(18)26(24,25)22-15-14-21-16-8-4-3-5-9-16/h3-13,21-22H,14-15H2,1-2H3. The fourth-order valence-electron chi connectivity index (χ4n) is 2.91. The Hall–Kier alpha value is -2.57. The first-order valence-electron chi connectivity index (χ1n) is 8.47. The van der Waals surface area contributed by atoms with Crippen LogP contribution in [-0.4, -0.2) is 35.6 Å². The van der Waals surface area contributed by atoms with E-state index in [2.05, 4.69) is 10.0 Å². The molecule has 3 aromatic carbocycles. The van der Waals surface area contributed by atoms with Crippen molar-refractivity contribution in [2.45, 2.75) is 4.90 Å². The highest BCUT2D eigenvalue weighted by Crippen LogP contribution is 2.29. The van der Waals surface area contributed by atoms with Crippen molar-refractivity contribution in [3.63, 3.8) is 0 Å². The molecule has 0 saturated heterocycles. The van der Waals surface area contributed by atoms with Crippen LogP contribution in [0, 0.1) is 0 Å². The van der Waals surface area contributed by atoms with Crippen molar-refractivity contribution in [3.8, 4) is 0 Å². The zero-order valence-corrected chi connectivity index (χ0v) is 15.8. The van der Waals surface area contributed by atoms with Crippen molar-refractivity contribution >= 4 is 32.2 Å². The summed E-state index contributed by atoms with van der Waals surface area (Å²) < 4.78 is 28.3. The van der Waals surface area contributed by atoms with Gasteiger partial charge in [-0.1, -0.05) is 42.5 Å². The number of rotatable bonds is 7. The van der Waals surface area contributed by atoms with E-state index < -0.39 is 10.0 Å². The van der Waals surface area contributed by atoms with E-state index in [9.17, 15) is 8.42 Å². The van der Waals surface area contributed by atoms with Gasteiger partial charge in [0.05, 0.1) is 4.90 Å². The summed E-state index contributed by atoms with van der Waals surface area (Å²) in [5.41, 5.74) is 1.96. The molecule has 0 fully saturated rings. The number of hydrogen-bond acceptors (Lipinski definition) is 4. The Morgan fingerprint density at radius 2 is 1.50 bits per heavy atom. The lowest BCUT2D eigenvalue weighted by atomic mass is 10.1. The number of benzene rings is 3. The second kappa shape index (κ2) is 7.76. The molecule has 0 aliphatic rings. The highest BCUT2D eigenvalue weighted by molar-refractivity contribution is 7.89. The van der Waals surface area contributed by atoms with Gasteiger partial charge < -0.3 is 10.2 Å². The Morgan fingerprint density at radius 3 is 2.23 bits per heavy atom. The molecule has 26 heavy (non-hydrogen) atoms. The first kappa shape index (κ1) is 18.2. The van der Waals surface area contributed by atoms with E-state index >= 15 is 0 Å². The van der Waals surface area contributed by atoms with E-state index in [1.807, 2.05) is 73.6 Å². The van der Waals surface area contributed by atoms with Crippen molar-refractivity contribution < 1.29 is 8.42 Å². The van der Waals surface area contributed by atoms with Gasteiger partial charge in [-0.05, 0) is 24.3 Å². The van der Waals surface area contributed by atoms with Crippen LogP contribution in [0.5, 0.6) is 0 Å². The average molecular weight is 369 g/mol. The van der Waals surface area contributed by atoms with Crippen LogP contribution >= 0.6 is 0 Å². The largest absolute Gasteiger partial charge is 0.384 e. The first-order valence-corrected chi connectivity index (χ1v) is 9.95. The second-order valence-electron chi connectivity index (χ2n) is 6.21. The lowest BCUT2D eigenvalue weighted by Crippen LogP contribution is -2.29. The number of sulfonamides is 1. The van der Waals surface area contributed by atoms with Crippen molar-refractivity contribution in [2.75, 3.05) is 37.4 Å². The predicted octanol–water partition coefficient (Wildman–Crippen LogP) is 3.30. The van der Waals surface area contributed by atoms with Gasteiger partial charge in [0.1, 0.15) is 0 Å². The van der Waals surface area contributed by atoms with Crippen LogP contribution in [0.25, 0.3) is 10.8 Å². The quantitative estimate of drug-likeness (QED) is 0.628. The van der Waals surface area contributed by atoms with Crippen LogP contribution in [0.3, 0.4) is 0 Å². The van der Waals surface area contributed by atoms with E-state index in [1.165, 1.54) is 0 Å². The Morgan fingerprint density at radius 1 is 0.808 bits per heavy atom. The zero-order valence-electron chi connectivity index (χ0n) is 14.9. The molecule has 0 heterocycles. The minimum absolute atomic E-state index is 0.304. The predicted molar refractivity (Wildman–Crippen MR) is 108 cm³/mol. The topological polar surface area (TPSA) is 61.4 Å². The monoisotopic (exact) mass is 369 g/mol. The van der Waals surface area contributed by atoms with Gasteiger partial charge in [0.15, 0.2) is 0 Å². The molecule has 5 nitrogen and oxygen atoms in total. The molecule has 0 spiro atoms. The third-order valence-corrected chi connectivity index (χ3v) is 5.67. The Labute approximate surface area is 154 Å². The fraction of sp³-hybridized carbons (Fsp3) is 0.200. The van der Waals surface area contributed by atoms with Crippen LogP contribution in [0.4, 0.5) is 11.4 Å². The van der Waals surface area contributed by atoms with Gasteiger partial charge >= 0.3 is 0 Å². The Bertz CT molecular complexity index is 986. The fourth-order valence-corrected chi connectivity index (χ4v) is 4.17. The molecule has 0 radical (unpaired) electrons. The summed E-state index contributed by atoms with van der Waals surface area (Å²) in [5, 5.41) is 4.84. The Balaban J connectivity index is 1.78. The molecule has 0 atom stereocenters. The van der Waals surface area contributed by atoms with E-state index in [-0.39, 0.29) is 0 Å².